The van der Waals surface area contributed by atoms with Gasteiger partial charge in [0.05, 0.1) is 10.4 Å². The second-order valence-corrected chi connectivity index (χ2v) is 3.37. The lowest BCUT2D eigenvalue weighted by molar-refractivity contribution is 0.345. The SMILES string of the molecule is CC1C(Cl)=C(O)C=C(O)C1Cl. The minimum atomic E-state index is -0.529. The highest BCUT2D eigenvalue weighted by Gasteiger charge is 2.27. The molecule has 1 aliphatic rings. The summed E-state index contributed by atoms with van der Waals surface area (Å²) in [6.45, 7) is 1.74. The van der Waals surface area contributed by atoms with Gasteiger partial charge in [-0.25, -0.2) is 0 Å². The molecule has 0 saturated carbocycles. The number of hydrogen-bond donors (Lipinski definition) is 2. The molecule has 0 heterocycles. The Labute approximate surface area is 74.7 Å². The van der Waals surface area contributed by atoms with Crippen LogP contribution >= 0.6 is 23.2 Å². The summed E-state index contributed by atoms with van der Waals surface area (Å²) in [5.41, 5.74) is 0. The van der Waals surface area contributed by atoms with E-state index in [1.165, 1.54) is 6.08 Å². The van der Waals surface area contributed by atoms with Crippen LogP contribution in [0.25, 0.3) is 0 Å². The average Bonchev–Trinajstić information content (AvgIpc) is 1.97. The van der Waals surface area contributed by atoms with E-state index in [2.05, 4.69) is 0 Å². The summed E-state index contributed by atoms with van der Waals surface area (Å²) in [5, 5.41) is 18.0. The Morgan fingerprint density at radius 1 is 1.45 bits per heavy atom. The van der Waals surface area contributed by atoms with E-state index in [4.69, 9.17) is 33.4 Å². The van der Waals surface area contributed by atoms with Gasteiger partial charge in [-0.15, -0.1) is 11.6 Å². The molecule has 1 rings (SSSR count). The average molecular weight is 195 g/mol. The monoisotopic (exact) mass is 194 g/mol. The highest BCUT2D eigenvalue weighted by molar-refractivity contribution is 6.32. The molecule has 0 spiro atoms. The van der Waals surface area contributed by atoms with Gasteiger partial charge in [0.1, 0.15) is 11.5 Å². The van der Waals surface area contributed by atoms with Gasteiger partial charge in [0.15, 0.2) is 0 Å². The lowest BCUT2D eigenvalue weighted by atomic mass is 10.00. The molecule has 1 aliphatic carbocycles. The standard InChI is InChI=1S/C7H8Cl2O2/c1-3-6(8)4(10)2-5(11)7(3)9/h2-3,6,10-11H,1H3. The Morgan fingerprint density at radius 3 is 2.55 bits per heavy atom. The van der Waals surface area contributed by atoms with Crippen LogP contribution in [0.4, 0.5) is 0 Å². The summed E-state index contributed by atoms with van der Waals surface area (Å²) in [4.78, 5) is 0. The number of alkyl halides is 1. The van der Waals surface area contributed by atoms with Gasteiger partial charge in [-0.05, 0) is 0 Å². The quantitative estimate of drug-likeness (QED) is 0.583. The molecule has 2 N–H and O–H groups in total. The third-order valence-electron chi connectivity index (χ3n) is 1.65. The van der Waals surface area contributed by atoms with Crippen molar-refractivity contribution in [3.8, 4) is 0 Å². The molecule has 0 bridgehead atoms. The van der Waals surface area contributed by atoms with Gasteiger partial charge in [0, 0.05) is 12.0 Å². The summed E-state index contributed by atoms with van der Waals surface area (Å²) in [5.74, 6) is -0.377. The Bertz CT molecular complexity index is 233. The molecule has 0 aromatic rings. The zero-order valence-electron chi connectivity index (χ0n) is 5.88. The van der Waals surface area contributed by atoms with Crippen LogP contribution < -0.4 is 0 Å². The summed E-state index contributed by atoms with van der Waals surface area (Å²) in [6.07, 6.45) is 1.17. The molecular formula is C7H8Cl2O2. The maximum atomic E-state index is 9.11. The molecular weight excluding hydrogens is 187 g/mol. The highest BCUT2D eigenvalue weighted by Crippen LogP contribution is 2.33. The zero-order valence-corrected chi connectivity index (χ0v) is 7.39. The van der Waals surface area contributed by atoms with Gasteiger partial charge in [-0.3, -0.25) is 0 Å². The van der Waals surface area contributed by atoms with Crippen LogP contribution in [0.3, 0.4) is 0 Å². The fourth-order valence-corrected chi connectivity index (χ4v) is 1.34. The van der Waals surface area contributed by atoms with Crippen LogP contribution in [0.15, 0.2) is 22.6 Å². The van der Waals surface area contributed by atoms with Crippen molar-refractivity contribution in [1.29, 1.82) is 0 Å². The van der Waals surface area contributed by atoms with E-state index in [9.17, 15) is 0 Å². The molecule has 0 aliphatic heterocycles. The number of halogens is 2. The van der Waals surface area contributed by atoms with E-state index >= 15 is 0 Å². The van der Waals surface area contributed by atoms with E-state index in [1.54, 1.807) is 6.92 Å². The first kappa shape index (κ1) is 8.75. The van der Waals surface area contributed by atoms with Gasteiger partial charge in [0.25, 0.3) is 0 Å². The summed E-state index contributed by atoms with van der Waals surface area (Å²) >= 11 is 11.4. The largest absolute Gasteiger partial charge is 0.511 e. The van der Waals surface area contributed by atoms with Gasteiger partial charge in [-0.1, -0.05) is 18.5 Å². The van der Waals surface area contributed by atoms with E-state index < -0.39 is 5.38 Å². The van der Waals surface area contributed by atoms with Gasteiger partial charge < -0.3 is 10.2 Å². The lowest BCUT2D eigenvalue weighted by Gasteiger charge is -2.21. The molecule has 62 valence electrons. The topological polar surface area (TPSA) is 40.5 Å². The smallest absolute Gasteiger partial charge is 0.133 e. The minimum absolute atomic E-state index is 0.0407. The normalized spacial score (nSPS) is 32.1. The van der Waals surface area contributed by atoms with Crippen LogP contribution in [-0.4, -0.2) is 15.6 Å². The molecule has 2 nitrogen and oxygen atoms in total. The first-order chi connectivity index (χ1) is 5.04. The van der Waals surface area contributed by atoms with Crippen molar-refractivity contribution in [3.63, 3.8) is 0 Å². The van der Waals surface area contributed by atoms with Gasteiger partial charge >= 0.3 is 0 Å². The zero-order chi connectivity index (χ0) is 8.59. The number of aliphatic hydroxyl groups is 2. The number of rotatable bonds is 0. The molecule has 11 heavy (non-hydrogen) atoms. The third kappa shape index (κ3) is 1.47. The second-order valence-electron chi connectivity index (χ2n) is 2.49. The Hall–Kier alpha value is -0.340. The third-order valence-corrected chi connectivity index (χ3v) is 2.79. The van der Waals surface area contributed by atoms with Crippen molar-refractivity contribution in [3.05, 3.63) is 22.6 Å². The van der Waals surface area contributed by atoms with Crippen LogP contribution in [0.5, 0.6) is 0 Å². The second kappa shape index (κ2) is 2.95. The predicted octanol–water partition coefficient (Wildman–Crippen LogP) is 2.69. The van der Waals surface area contributed by atoms with E-state index in [-0.39, 0.29) is 17.4 Å². The number of aliphatic hydroxyl groups excluding tert-OH is 2. The Morgan fingerprint density at radius 2 is 2.00 bits per heavy atom. The van der Waals surface area contributed by atoms with Crippen LogP contribution in [-0.2, 0) is 0 Å². The molecule has 2 atom stereocenters. The van der Waals surface area contributed by atoms with Crippen molar-refractivity contribution >= 4 is 23.2 Å². The fraction of sp³-hybridized carbons (Fsp3) is 0.429. The van der Waals surface area contributed by atoms with Crippen molar-refractivity contribution in [2.24, 2.45) is 5.92 Å². The first-order valence-corrected chi connectivity index (χ1v) is 3.98. The van der Waals surface area contributed by atoms with Crippen molar-refractivity contribution < 1.29 is 10.2 Å². The number of allylic oxidation sites excluding steroid dienone is 3. The van der Waals surface area contributed by atoms with Crippen LogP contribution in [0.1, 0.15) is 6.92 Å². The predicted molar refractivity (Wildman–Crippen MR) is 45.0 cm³/mol. The molecule has 0 aromatic heterocycles. The Kier molecular flexibility index (Phi) is 2.35. The molecule has 0 amide bonds. The van der Waals surface area contributed by atoms with Crippen molar-refractivity contribution in [1.82, 2.24) is 0 Å². The molecule has 4 heteroatoms. The van der Waals surface area contributed by atoms with Gasteiger partial charge in [0.2, 0.25) is 0 Å². The maximum Gasteiger partial charge on any atom is 0.133 e. The van der Waals surface area contributed by atoms with Crippen molar-refractivity contribution in [2.75, 3.05) is 0 Å². The summed E-state index contributed by atoms with van der Waals surface area (Å²) < 4.78 is 0. The van der Waals surface area contributed by atoms with Gasteiger partial charge in [-0.2, -0.15) is 0 Å². The minimum Gasteiger partial charge on any atom is -0.511 e. The maximum absolute atomic E-state index is 9.11. The summed E-state index contributed by atoms with van der Waals surface area (Å²) in [6, 6.07) is 0. The lowest BCUT2D eigenvalue weighted by Crippen LogP contribution is -2.19. The van der Waals surface area contributed by atoms with E-state index in [0.717, 1.165) is 0 Å². The number of hydrogen-bond acceptors (Lipinski definition) is 2. The van der Waals surface area contributed by atoms with Crippen LogP contribution in [0, 0.1) is 5.92 Å². The first-order valence-electron chi connectivity index (χ1n) is 3.17. The van der Waals surface area contributed by atoms with E-state index in [0.29, 0.717) is 5.03 Å². The summed E-state index contributed by atoms with van der Waals surface area (Å²) in [7, 11) is 0. The molecule has 2 unspecified atom stereocenters. The molecule has 0 fully saturated rings. The van der Waals surface area contributed by atoms with Crippen LogP contribution in [0.2, 0.25) is 0 Å². The fourth-order valence-electron chi connectivity index (χ4n) is 0.907. The van der Waals surface area contributed by atoms with Crippen molar-refractivity contribution in [2.45, 2.75) is 12.3 Å². The molecule has 0 radical (unpaired) electrons. The highest BCUT2D eigenvalue weighted by atomic mass is 35.5. The molecule has 0 aromatic carbocycles. The Balaban J connectivity index is 3.01. The van der Waals surface area contributed by atoms with E-state index in [1.807, 2.05) is 0 Å². The molecule has 0 saturated heterocycles.